The van der Waals surface area contributed by atoms with Crippen molar-refractivity contribution in [2.24, 2.45) is 0 Å². The number of halogens is 1. The molecule has 1 saturated carbocycles. The lowest BCUT2D eigenvalue weighted by Crippen LogP contribution is -2.37. The predicted molar refractivity (Wildman–Crippen MR) is 84.3 cm³/mol. The highest BCUT2D eigenvalue weighted by Gasteiger charge is 2.44. The van der Waals surface area contributed by atoms with Gasteiger partial charge in [0, 0.05) is 15.5 Å². The van der Waals surface area contributed by atoms with Gasteiger partial charge in [-0.25, -0.2) is 4.79 Å². The van der Waals surface area contributed by atoms with Crippen molar-refractivity contribution in [2.75, 3.05) is 6.54 Å². The molecule has 1 aromatic carbocycles. The Bertz CT molecular complexity index is 458. The fourth-order valence-corrected chi connectivity index (χ4v) is 2.44. The maximum Gasteiger partial charge on any atom is 0.407 e. The van der Waals surface area contributed by atoms with Crippen molar-refractivity contribution in [3.05, 3.63) is 33.4 Å². The molecule has 0 spiro atoms. The summed E-state index contributed by atoms with van der Waals surface area (Å²) < 4.78 is 6.50. The zero-order valence-corrected chi connectivity index (χ0v) is 13.8. The molecule has 0 atom stereocenters. The van der Waals surface area contributed by atoms with Gasteiger partial charge < -0.3 is 10.1 Å². The molecular weight excluding hydrogens is 353 g/mol. The highest BCUT2D eigenvalue weighted by Crippen LogP contribution is 2.47. The molecule has 2 rings (SSSR count). The van der Waals surface area contributed by atoms with Crippen LogP contribution in [0.4, 0.5) is 4.79 Å². The van der Waals surface area contributed by atoms with Gasteiger partial charge >= 0.3 is 6.09 Å². The predicted octanol–water partition coefficient (Wildman–Crippen LogP) is 3.85. The minimum absolute atomic E-state index is 0.126. The number of hydrogen-bond donors (Lipinski definition) is 1. The fourth-order valence-electron chi connectivity index (χ4n) is 2.08. The van der Waals surface area contributed by atoms with Crippen molar-refractivity contribution in [3.63, 3.8) is 0 Å². The molecule has 0 aromatic heterocycles. The number of rotatable bonds is 3. The van der Waals surface area contributed by atoms with Gasteiger partial charge in [-0.1, -0.05) is 12.1 Å². The summed E-state index contributed by atoms with van der Waals surface area (Å²) >= 11 is 2.30. The zero-order chi connectivity index (χ0) is 14.1. The van der Waals surface area contributed by atoms with Gasteiger partial charge in [0.15, 0.2) is 0 Å². The SMILES string of the molecule is CC(C)(C)OC(=O)NCC1(c2ccc(I)cc2)CC1. The number of benzene rings is 1. The van der Waals surface area contributed by atoms with Gasteiger partial charge in [0.25, 0.3) is 0 Å². The lowest BCUT2D eigenvalue weighted by molar-refractivity contribution is 0.0522. The maximum absolute atomic E-state index is 11.7. The monoisotopic (exact) mass is 373 g/mol. The summed E-state index contributed by atoms with van der Waals surface area (Å²) in [6.45, 7) is 6.28. The van der Waals surface area contributed by atoms with Crippen LogP contribution >= 0.6 is 22.6 Å². The smallest absolute Gasteiger partial charge is 0.407 e. The third kappa shape index (κ3) is 4.09. The first-order valence-corrected chi connectivity index (χ1v) is 7.62. The largest absolute Gasteiger partial charge is 0.444 e. The Morgan fingerprint density at radius 3 is 2.37 bits per heavy atom. The number of carbonyl (C=O) groups is 1. The number of nitrogens with one attached hydrogen (secondary N) is 1. The quantitative estimate of drug-likeness (QED) is 0.818. The van der Waals surface area contributed by atoms with E-state index in [0.29, 0.717) is 6.54 Å². The molecule has 0 radical (unpaired) electrons. The molecule has 0 bridgehead atoms. The van der Waals surface area contributed by atoms with Crippen LogP contribution < -0.4 is 5.32 Å². The second-order valence-corrected chi connectivity index (χ2v) is 7.39. The standard InChI is InChI=1S/C15H20INO2/c1-14(2,3)19-13(18)17-10-15(8-9-15)11-4-6-12(16)7-5-11/h4-7H,8-10H2,1-3H3,(H,17,18). The van der Waals surface area contributed by atoms with E-state index < -0.39 is 5.60 Å². The molecule has 0 saturated heterocycles. The molecule has 3 nitrogen and oxygen atoms in total. The highest BCUT2D eigenvalue weighted by molar-refractivity contribution is 14.1. The van der Waals surface area contributed by atoms with Crippen molar-refractivity contribution in [3.8, 4) is 0 Å². The third-order valence-corrected chi connectivity index (χ3v) is 4.00. The molecule has 104 valence electrons. The highest BCUT2D eigenvalue weighted by atomic mass is 127. The zero-order valence-electron chi connectivity index (χ0n) is 11.6. The van der Waals surface area contributed by atoms with Crippen LogP contribution in [0, 0.1) is 3.57 Å². The second-order valence-electron chi connectivity index (χ2n) is 6.14. The van der Waals surface area contributed by atoms with Crippen molar-refractivity contribution >= 4 is 28.7 Å². The Kier molecular flexibility index (Phi) is 4.08. The molecule has 1 amide bonds. The fraction of sp³-hybridized carbons (Fsp3) is 0.533. The molecule has 19 heavy (non-hydrogen) atoms. The van der Waals surface area contributed by atoms with Crippen LogP contribution in [0.2, 0.25) is 0 Å². The van der Waals surface area contributed by atoms with E-state index in [-0.39, 0.29) is 11.5 Å². The first kappa shape index (κ1) is 14.6. The Morgan fingerprint density at radius 1 is 1.32 bits per heavy atom. The van der Waals surface area contributed by atoms with Gasteiger partial charge in [0.05, 0.1) is 0 Å². The Morgan fingerprint density at radius 2 is 1.89 bits per heavy atom. The van der Waals surface area contributed by atoms with Crippen LogP contribution in [0.5, 0.6) is 0 Å². The summed E-state index contributed by atoms with van der Waals surface area (Å²) in [6, 6.07) is 8.55. The van der Waals surface area contributed by atoms with Gasteiger partial charge in [-0.05, 0) is 73.9 Å². The molecule has 0 aliphatic heterocycles. The molecule has 1 aromatic rings. The van der Waals surface area contributed by atoms with Gasteiger partial charge in [0.1, 0.15) is 5.60 Å². The summed E-state index contributed by atoms with van der Waals surface area (Å²) in [5.41, 5.74) is 0.995. The number of ether oxygens (including phenoxy) is 1. The van der Waals surface area contributed by atoms with Crippen LogP contribution in [-0.2, 0) is 10.2 Å². The van der Waals surface area contributed by atoms with Crippen molar-refractivity contribution in [2.45, 2.75) is 44.6 Å². The lowest BCUT2D eigenvalue weighted by Gasteiger charge is -2.22. The number of alkyl carbamates (subject to hydrolysis) is 1. The average molecular weight is 373 g/mol. The second kappa shape index (κ2) is 5.31. The minimum atomic E-state index is -0.441. The van der Waals surface area contributed by atoms with Gasteiger partial charge in [-0.15, -0.1) is 0 Å². The van der Waals surface area contributed by atoms with Crippen LogP contribution in [0.25, 0.3) is 0 Å². The Labute approximate surface area is 128 Å². The van der Waals surface area contributed by atoms with Gasteiger partial charge in [0.2, 0.25) is 0 Å². The third-order valence-electron chi connectivity index (χ3n) is 3.28. The molecular formula is C15H20INO2. The minimum Gasteiger partial charge on any atom is -0.444 e. The first-order chi connectivity index (χ1) is 8.81. The van der Waals surface area contributed by atoms with Crippen LogP contribution in [0.15, 0.2) is 24.3 Å². The summed E-state index contributed by atoms with van der Waals surface area (Å²) in [6.07, 6.45) is 1.93. The van der Waals surface area contributed by atoms with Gasteiger partial charge in [-0.2, -0.15) is 0 Å². The number of hydrogen-bond acceptors (Lipinski definition) is 2. The number of amides is 1. The van der Waals surface area contributed by atoms with E-state index in [1.807, 2.05) is 20.8 Å². The van der Waals surface area contributed by atoms with Crippen LogP contribution in [-0.4, -0.2) is 18.2 Å². The number of carbonyl (C=O) groups excluding carboxylic acids is 1. The molecule has 1 aliphatic rings. The topological polar surface area (TPSA) is 38.3 Å². The summed E-state index contributed by atoms with van der Waals surface area (Å²) in [7, 11) is 0. The summed E-state index contributed by atoms with van der Waals surface area (Å²) in [5.74, 6) is 0. The van der Waals surface area contributed by atoms with E-state index in [9.17, 15) is 4.79 Å². The van der Waals surface area contributed by atoms with E-state index in [4.69, 9.17) is 4.74 Å². The van der Waals surface area contributed by atoms with Crippen LogP contribution in [0.1, 0.15) is 39.2 Å². The Hall–Kier alpha value is -0.780. The van der Waals surface area contributed by atoms with E-state index in [1.165, 1.54) is 9.13 Å². The summed E-state index contributed by atoms with van der Waals surface area (Å²) in [4.78, 5) is 11.7. The van der Waals surface area contributed by atoms with E-state index >= 15 is 0 Å². The van der Waals surface area contributed by atoms with E-state index in [0.717, 1.165) is 12.8 Å². The average Bonchev–Trinajstić information content (AvgIpc) is 3.06. The molecule has 1 N–H and O–H groups in total. The normalized spacial score (nSPS) is 16.8. The van der Waals surface area contributed by atoms with Crippen LogP contribution in [0.3, 0.4) is 0 Å². The first-order valence-electron chi connectivity index (χ1n) is 6.54. The van der Waals surface area contributed by atoms with Gasteiger partial charge in [-0.3, -0.25) is 0 Å². The lowest BCUT2D eigenvalue weighted by atomic mass is 9.96. The van der Waals surface area contributed by atoms with Crippen molar-refractivity contribution in [1.29, 1.82) is 0 Å². The Balaban J connectivity index is 1.92. The van der Waals surface area contributed by atoms with Crippen molar-refractivity contribution in [1.82, 2.24) is 5.32 Å². The molecule has 4 heteroatoms. The molecule has 0 unspecified atom stereocenters. The van der Waals surface area contributed by atoms with E-state index in [2.05, 4.69) is 52.2 Å². The molecule has 1 aliphatic carbocycles. The molecule has 1 fully saturated rings. The van der Waals surface area contributed by atoms with E-state index in [1.54, 1.807) is 0 Å². The molecule has 0 heterocycles. The van der Waals surface area contributed by atoms with Crippen molar-refractivity contribution < 1.29 is 9.53 Å². The summed E-state index contributed by atoms with van der Waals surface area (Å²) in [5, 5.41) is 2.89. The maximum atomic E-state index is 11.7.